The lowest BCUT2D eigenvalue weighted by atomic mass is 10.3. The number of thioether (sulfide) groups is 1. The van der Waals surface area contributed by atoms with Gasteiger partial charge in [0.15, 0.2) is 5.16 Å². The van der Waals surface area contributed by atoms with Crippen LogP contribution in [0.25, 0.3) is 0 Å². The molecule has 0 unspecified atom stereocenters. The summed E-state index contributed by atoms with van der Waals surface area (Å²) >= 11 is 3.44. The molecule has 0 aliphatic rings. The molecule has 0 saturated carbocycles. The molecule has 0 N–H and O–H groups in total. The average Bonchev–Trinajstić information content (AvgIpc) is 2.98. The maximum Gasteiger partial charge on any atom is 0.192 e. The van der Waals surface area contributed by atoms with Crippen molar-refractivity contribution in [2.24, 2.45) is 0 Å². The Bertz CT molecular complexity index is 547. The van der Waals surface area contributed by atoms with Crippen molar-refractivity contribution >= 4 is 23.1 Å². The Kier molecular flexibility index (Phi) is 4.85. The van der Waals surface area contributed by atoms with E-state index in [1.165, 1.54) is 4.88 Å². The van der Waals surface area contributed by atoms with Crippen LogP contribution in [0.4, 0.5) is 0 Å². The second-order valence-electron chi connectivity index (χ2n) is 3.73. The number of rotatable bonds is 5. The number of nitrogens with zero attached hydrogens (tertiary/aromatic N) is 3. The quantitative estimate of drug-likeness (QED) is 0.622. The van der Waals surface area contributed by atoms with E-state index in [2.05, 4.69) is 44.1 Å². The zero-order chi connectivity index (χ0) is 12.8. The van der Waals surface area contributed by atoms with Gasteiger partial charge in [0.1, 0.15) is 5.82 Å². The van der Waals surface area contributed by atoms with Gasteiger partial charge in [0, 0.05) is 11.4 Å². The number of thiophene rings is 1. The first kappa shape index (κ1) is 13.2. The van der Waals surface area contributed by atoms with Crippen LogP contribution >= 0.6 is 23.1 Å². The summed E-state index contributed by atoms with van der Waals surface area (Å²) in [5, 5.41) is 11.4. The molecule has 18 heavy (non-hydrogen) atoms. The molecule has 0 amide bonds. The molecule has 2 aromatic rings. The van der Waals surface area contributed by atoms with Gasteiger partial charge >= 0.3 is 0 Å². The highest BCUT2D eigenvalue weighted by Gasteiger charge is 2.08. The van der Waals surface area contributed by atoms with Crippen molar-refractivity contribution in [3.8, 4) is 11.8 Å². The molecule has 0 fully saturated rings. The molecular formula is C13H15N3S2. The van der Waals surface area contributed by atoms with Crippen molar-refractivity contribution in [1.82, 2.24) is 14.8 Å². The lowest BCUT2D eigenvalue weighted by Crippen LogP contribution is -2.04. The smallest absolute Gasteiger partial charge is 0.192 e. The Balaban J connectivity index is 2.01. The first-order valence-corrected chi connectivity index (χ1v) is 7.62. The van der Waals surface area contributed by atoms with Crippen molar-refractivity contribution in [2.45, 2.75) is 32.0 Å². The van der Waals surface area contributed by atoms with E-state index in [-0.39, 0.29) is 0 Å². The predicted molar refractivity (Wildman–Crippen MR) is 77.0 cm³/mol. The summed E-state index contributed by atoms with van der Waals surface area (Å²) < 4.78 is 2.17. The number of aromatic nitrogens is 3. The fraction of sp³-hybridized carbons (Fsp3) is 0.385. The molecule has 0 bridgehead atoms. The van der Waals surface area contributed by atoms with Crippen molar-refractivity contribution < 1.29 is 0 Å². The standard InChI is InChI=1S/C13H15N3S2/c1-3-4-9-18-13-15-14-11(2)16(13)8-7-12-6-5-10-17-12/h5-6,10H,7-9H2,1-2H3. The highest BCUT2D eigenvalue weighted by molar-refractivity contribution is 7.99. The van der Waals surface area contributed by atoms with Crippen LogP contribution in [0.3, 0.4) is 0 Å². The van der Waals surface area contributed by atoms with Crippen LogP contribution in [-0.2, 0) is 13.0 Å². The number of aryl methyl sites for hydroxylation is 2. The van der Waals surface area contributed by atoms with Crippen molar-refractivity contribution in [1.29, 1.82) is 0 Å². The van der Waals surface area contributed by atoms with E-state index in [4.69, 9.17) is 0 Å². The molecular weight excluding hydrogens is 262 g/mol. The highest BCUT2D eigenvalue weighted by Crippen LogP contribution is 2.18. The van der Waals surface area contributed by atoms with Crippen molar-refractivity contribution in [2.75, 3.05) is 5.75 Å². The fourth-order valence-corrected chi connectivity index (χ4v) is 3.10. The SMILES string of the molecule is CC#CCSc1nnc(C)n1CCc1cccs1. The molecule has 2 aromatic heterocycles. The lowest BCUT2D eigenvalue weighted by Gasteiger charge is -2.06. The third-order valence-corrected chi connectivity index (χ3v) is 4.30. The van der Waals surface area contributed by atoms with Gasteiger partial charge in [-0.05, 0) is 31.7 Å². The first-order valence-electron chi connectivity index (χ1n) is 5.76. The second kappa shape index (κ2) is 6.62. The third kappa shape index (κ3) is 3.37. The van der Waals surface area contributed by atoms with Crippen LogP contribution in [0, 0.1) is 18.8 Å². The topological polar surface area (TPSA) is 30.7 Å². The highest BCUT2D eigenvalue weighted by atomic mass is 32.2. The van der Waals surface area contributed by atoms with E-state index < -0.39 is 0 Å². The molecule has 2 heterocycles. The van der Waals surface area contributed by atoms with Crippen LogP contribution < -0.4 is 0 Å². The minimum absolute atomic E-state index is 0.771. The summed E-state index contributed by atoms with van der Waals surface area (Å²) in [4.78, 5) is 1.40. The molecule has 0 radical (unpaired) electrons. The van der Waals surface area contributed by atoms with Crippen molar-refractivity contribution in [3.05, 3.63) is 28.2 Å². The number of hydrogen-bond acceptors (Lipinski definition) is 4. The van der Waals surface area contributed by atoms with Crippen LogP contribution in [0.2, 0.25) is 0 Å². The average molecular weight is 277 g/mol. The Labute approximate surface area is 116 Å². The predicted octanol–water partition coefficient (Wildman–Crippen LogP) is 3.01. The summed E-state index contributed by atoms with van der Waals surface area (Å²) in [6.45, 7) is 4.78. The van der Waals surface area contributed by atoms with Crippen molar-refractivity contribution in [3.63, 3.8) is 0 Å². The monoisotopic (exact) mass is 277 g/mol. The van der Waals surface area contributed by atoms with Gasteiger partial charge < -0.3 is 4.57 Å². The van der Waals surface area contributed by atoms with E-state index in [0.717, 1.165) is 29.7 Å². The Hall–Kier alpha value is -1.25. The Morgan fingerprint density at radius 3 is 3.06 bits per heavy atom. The summed E-state index contributed by atoms with van der Waals surface area (Å²) in [5.41, 5.74) is 0. The third-order valence-electron chi connectivity index (χ3n) is 2.51. The van der Waals surface area contributed by atoms with Crippen LogP contribution in [0.5, 0.6) is 0 Å². The van der Waals surface area contributed by atoms with E-state index in [1.807, 2.05) is 13.8 Å². The van der Waals surface area contributed by atoms with E-state index >= 15 is 0 Å². The Morgan fingerprint density at radius 1 is 1.44 bits per heavy atom. The maximum absolute atomic E-state index is 4.20. The molecule has 0 spiro atoms. The van der Waals surface area contributed by atoms with E-state index in [1.54, 1.807) is 23.1 Å². The van der Waals surface area contributed by atoms with Crippen LogP contribution in [0.15, 0.2) is 22.7 Å². The lowest BCUT2D eigenvalue weighted by molar-refractivity contribution is 0.621. The Morgan fingerprint density at radius 2 is 2.33 bits per heavy atom. The zero-order valence-corrected chi connectivity index (χ0v) is 12.1. The van der Waals surface area contributed by atoms with Gasteiger partial charge in [-0.15, -0.1) is 27.5 Å². The summed E-state index contributed by atoms with van der Waals surface area (Å²) in [6.07, 6.45) is 1.03. The summed E-state index contributed by atoms with van der Waals surface area (Å²) in [6, 6.07) is 4.26. The van der Waals surface area contributed by atoms with E-state index in [9.17, 15) is 0 Å². The van der Waals surface area contributed by atoms with Gasteiger partial charge in [-0.25, -0.2) is 0 Å². The van der Waals surface area contributed by atoms with E-state index in [0.29, 0.717) is 0 Å². The molecule has 94 valence electrons. The molecule has 0 aliphatic heterocycles. The molecule has 2 rings (SSSR count). The van der Waals surface area contributed by atoms with Crippen LogP contribution in [-0.4, -0.2) is 20.5 Å². The minimum Gasteiger partial charge on any atom is -0.306 e. The van der Waals surface area contributed by atoms with Gasteiger partial charge in [0.05, 0.1) is 5.75 Å². The maximum atomic E-state index is 4.20. The first-order chi connectivity index (χ1) is 8.81. The molecule has 0 aromatic carbocycles. The van der Waals surface area contributed by atoms with Gasteiger partial charge in [-0.3, -0.25) is 0 Å². The number of hydrogen-bond donors (Lipinski definition) is 0. The fourth-order valence-electron chi connectivity index (χ4n) is 1.58. The zero-order valence-electron chi connectivity index (χ0n) is 10.5. The normalized spacial score (nSPS) is 10.1. The minimum atomic E-state index is 0.771. The largest absolute Gasteiger partial charge is 0.306 e. The second-order valence-corrected chi connectivity index (χ2v) is 5.70. The molecule has 0 aliphatic carbocycles. The van der Waals surface area contributed by atoms with Gasteiger partial charge in [-0.2, -0.15) is 0 Å². The van der Waals surface area contributed by atoms with Gasteiger partial charge in [0.2, 0.25) is 0 Å². The van der Waals surface area contributed by atoms with Gasteiger partial charge in [0.25, 0.3) is 0 Å². The molecule has 5 heteroatoms. The molecule has 3 nitrogen and oxygen atoms in total. The molecule has 0 atom stereocenters. The van der Waals surface area contributed by atoms with Gasteiger partial charge in [-0.1, -0.05) is 23.7 Å². The summed E-state index contributed by atoms with van der Waals surface area (Å²) in [7, 11) is 0. The van der Waals surface area contributed by atoms with Crippen LogP contribution in [0.1, 0.15) is 17.6 Å². The summed E-state index contributed by atoms with van der Waals surface area (Å²) in [5.74, 6) is 7.67. The molecule has 0 saturated heterocycles.